The highest BCUT2D eigenvalue weighted by Crippen LogP contribution is 2.25. The maximum atomic E-state index is 11.3. The first-order valence-electron chi connectivity index (χ1n) is 7.29. The summed E-state index contributed by atoms with van der Waals surface area (Å²) < 4.78 is 0. The third-order valence-corrected chi connectivity index (χ3v) is 5.36. The molecule has 1 saturated heterocycles. The van der Waals surface area contributed by atoms with Gasteiger partial charge in [-0.2, -0.15) is 11.8 Å². The maximum Gasteiger partial charge on any atom is 0.323 e. The summed E-state index contributed by atoms with van der Waals surface area (Å²) in [5, 5.41) is 4.37. The van der Waals surface area contributed by atoms with Gasteiger partial charge in [-0.25, -0.2) is 4.79 Å². The van der Waals surface area contributed by atoms with Gasteiger partial charge in [0.15, 0.2) is 0 Å². The Kier molecular flexibility index (Phi) is 4.17. The van der Waals surface area contributed by atoms with Crippen molar-refractivity contribution >= 4 is 22.8 Å². The van der Waals surface area contributed by atoms with Crippen LogP contribution in [0.4, 0.5) is 0 Å². The van der Waals surface area contributed by atoms with Gasteiger partial charge < -0.3 is 15.3 Å². The van der Waals surface area contributed by atoms with Crippen molar-refractivity contribution in [2.75, 3.05) is 12.3 Å². The van der Waals surface area contributed by atoms with Crippen molar-refractivity contribution in [3.8, 4) is 0 Å². The zero-order valence-electron chi connectivity index (χ0n) is 11.7. The van der Waals surface area contributed by atoms with E-state index in [0.29, 0.717) is 6.04 Å². The van der Waals surface area contributed by atoms with Crippen LogP contribution in [0, 0.1) is 0 Å². The molecule has 1 fully saturated rings. The van der Waals surface area contributed by atoms with Crippen molar-refractivity contribution in [2.45, 2.75) is 37.5 Å². The van der Waals surface area contributed by atoms with Gasteiger partial charge in [0.25, 0.3) is 0 Å². The van der Waals surface area contributed by atoms with Crippen LogP contribution >= 0.6 is 11.8 Å². The molecule has 1 aromatic heterocycles. The number of thioether (sulfide) groups is 1. The number of hydrogen-bond donors (Lipinski definition) is 3. The summed E-state index contributed by atoms with van der Waals surface area (Å²) in [6.45, 7) is 3.24. The van der Waals surface area contributed by atoms with Gasteiger partial charge in [0.2, 0.25) is 0 Å². The van der Waals surface area contributed by atoms with Gasteiger partial charge in [-0.15, -0.1) is 0 Å². The molecule has 0 aliphatic carbocycles. The first kappa shape index (κ1) is 13.8. The summed E-state index contributed by atoms with van der Waals surface area (Å²) in [5.74, 6) is 1.30. The van der Waals surface area contributed by atoms with E-state index in [0.717, 1.165) is 22.8 Å². The van der Waals surface area contributed by atoms with Crippen molar-refractivity contribution in [1.82, 2.24) is 15.3 Å². The molecule has 0 spiro atoms. The molecule has 1 aliphatic heterocycles. The molecule has 4 nitrogen and oxygen atoms in total. The zero-order chi connectivity index (χ0) is 13.9. The monoisotopic (exact) mass is 291 g/mol. The van der Waals surface area contributed by atoms with Gasteiger partial charge in [0, 0.05) is 17.8 Å². The lowest BCUT2D eigenvalue weighted by Crippen LogP contribution is -2.28. The second-order valence-electron chi connectivity index (χ2n) is 5.50. The predicted molar refractivity (Wildman–Crippen MR) is 85.4 cm³/mol. The van der Waals surface area contributed by atoms with Crippen LogP contribution in [0.15, 0.2) is 23.0 Å². The average molecular weight is 291 g/mol. The summed E-state index contributed by atoms with van der Waals surface area (Å²) in [6, 6.07) is 6.41. The average Bonchev–Trinajstić information content (AvgIpc) is 2.85. The van der Waals surface area contributed by atoms with Crippen LogP contribution in [0.2, 0.25) is 0 Å². The Labute approximate surface area is 122 Å². The number of fused-ring (bicyclic) bond motifs is 1. The van der Waals surface area contributed by atoms with E-state index >= 15 is 0 Å². The molecule has 0 bridgehead atoms. The fraction of sp³-hybridized carbons (Fsp3) is 0.533. The number of rotatable bonds is 4. The molecule has 3 rings (SSSR count). The molecule has 20 heavy (non-hydrogen) atoms. The van der Waals surface area contributed by atoms with E-state index in [1.54, 1.807) is 0 Å². The lowest BCUT2D eigenvalue weighted by molar-refractivity contribution is 0.539. The quantitative estimate of drug-likeness (QED) is 0.812. The van der Waals surface area contributed by atoms with Crippen LogP contribution in [0.3, 0.4) is 0 Å². The topological polar surface area (TPSA) is 60.7 Å². The molecular formula is C15H21N3OS. The van der Waals surface area contributed by atoms with Crippen molar-refractivity contribution < 1.29 is 0 Å². The lowest BCUT2D eigenvalue weighted by Gasteiger charge is -2.24. The minimum atomic E-state index is -0.142. The van der Waals surface area contributed by atoms with Crippen LogP contribution in [0.5, 0.6) is 0 Å². The molecule has 2 unspecified atom stereocenters. The smallest absolute Gasteiger partial charge is 0.309 e. The van der Waals surface area contributed by atoms with E-state index in [2.05, 4.69) is 46.1 Å². The first-order valence-corrected chi connectivity index (χ1v) is 8.34. The van der Waals surface area contributed by atoms with E-state index in [-0.39, 0.29) is 5.69 Å². The summed E-state index contributed by atoms with van der Waals surface area (Å²) in [4.78, 5) is 16.9. The fourth-order valence-electron chi connectivity index (χ4n) is 2.71. The number of nitrogens with one attached hydrogen (secondary N) is 3. The van der Waals surface area contributed by atoms with Crippen LogP contribution in [0.25, 0.3) is 11.0 Å². The van der Waals surface area contributed by atoms with Crippen LogP contribution < -0.4 is 11.0 Å². The number of aromatic amines is 2. The molecule has 2 aromatic rings. The molecule has 0 saturated carbocycles. The largest absolute Gasteiger partial charge is 0.323 e. The van der Waals surface area contributed by atoms with Crippen LogP contribution in [-0.4, -0.2) is 27.5 Å². The number of aromatic nitrogens is 2. The Bertz CT molecular complexity index is 627. The van der Waals surface area contributed by atoms with Crippen LogP contribution in [-0.2, 0) is 0 Å². The summed E-state index contributed by atoms with van der Waals surface area (Å²) in [5.41, 5.74) is 2.83. The normalized spacial score (nSPS) is 21.1. The van der Waals surface area contributed by atoms with E-state index in [1.165, 1.54) is 30.6 Å². The van der Waals surface area contributed by atoms with Gasteiger partial charge in [-0.1, -0.05) is 12.5 Å². The number of H-pyrrole nitrogens is 2. The van der Waals surface area contributed by atoms with Gasteiger partial charge in [-0.05, 0) is 43.2 Å². The third kappa shape index (κ3) is 3.10. The van der Waals surface area contributed by atoms with Crippen LogP contribution in [0.1, 0.15) is 37.8 Å². The van der Waals surface area contributed by atoms with Gasteiger partial charge in [0.1, 0.15) is 0 Å². The van der Waals surface area contributed by atoms with E-state index in [4.69, 9.17) is 0 Å². The van der Waals surface area contributed by atoms with E-state index in [1.807, 2.05) is 6.07 Å². The zero-order valence-corrected chi connectivity index (χ0v) is 12.6. The van der Waals surface area contributed by atoms with Crippen molar-refractivity contribution in [3.63, 3.8) is 0 Å². The third-order valence-electron chi connectivity index (χ3n) is 3.97. The van der Waals surface area contributed by atoms with Gasteiger partial charge in [-0.3, -0.25) is 0 Å². The molecule has 1 aromatic carbocycles. The molecule has 0 amide bonds. The highest BCUT2D eigenvalue weighted by atomic mass is 32.2. The standard InChI is InChI=1S/C15H21N3OS/c1-10(16-9-12-4-2-3-7-20-12)11-5-6-13-14(8-11)18-15(19)17-13/h5-6,8,10,12,16H,2-4,7,9H2,1H3,(H2,17,18,19). The summed E-state index contributed by atoms with van der Waals surface area (Å²) >= 11 is 2.09. The summed E-state index contributed by atoms with van der Waals surface area (Å²) in [7, 11) is 0. The Morgan fingerprint density at radius 1 is 1.35 bits per heavy atom. The van der Waals surface area contributed by atoms with Gasteiger partial charge in [0.05, 0.1) is 11.0 Å². The second-order valence-corrected chi connectivity index (χ2v) is 6.91. The molecule has 108 valence electrons. The summed E-state index contributed by atoms with van der Waals surface area (Å²) in [6.07, 6.45) is 4.06. The van der Waals surface area contributed by atoms with Crippen molar-refractivity contribution in [3.05, 3.63) is 34.2 Å². The first-order chi connectivity index (χ1) is 9.72. The second kappa shape index (κ2) is 6.06. The number of hydrogen-bond acceptors (Lipinski definition) is 3. The minimum absolute atomic E-state index is 0.142. The fourth-order valence-corrected chi connectivity index (χ4v) is 3.97. The Morgan fingerprint density at radius 3 is 3.00 bits per heavy atom. The Morgan fingerprint density at radius 2 is 2.20 bits per heavy atom. The lowest BCUT2D eigenvalue weighted by atomic mass is 10.1. The molecule has 3 N–H and O–H groups in total. The van der Waals surface area contributed by atoms with Gasteiger partial charge >= 0.3 is 5.69 Å². The molecule has 2 atom stereocenters. The number of benzene rings is 1. The molecule has 0 radical (unpaired) electrons. The highest BCUT2D eigenvalue weighted by molar-refractivity contribution is 7.99. The minimum Gasteiger partial charge on any atom is -0.309 e. The maximum absolute atomic E-state index is 11.3. The molecular weight excluding hydrogens is 270 g/mol. The van der Waals surface area contributed by atoms with Crippen molar-refractivity contribution in [1.29, 1.82) is 0 Å². The van der Waals surface area contributed by atoms with Crippen molar-refractivity contribution in [2.24, 2.45) is 0 Å². The van der Waals surface area contributed by atoms with E-state index < -0.39 is 0 Å². The molecule has 5 heteroatoms. The number of imidazole rings is 1. The Hall–Kier alpha value is -1.20. The Balaban J connectivity index is 1.65. The highest BCUT2D eigenvalue weighted by Gasteiger charge is 2.15. The predicted octanol–water partition coefficient (Wildman–Crippen LogP) is 2.79. The molecule has 1 aliphatic rings. The molecule has 2 heterocycles. The SMILES string of the molecule is CC(NCC1CCCCS1)c1ccc2[nH]c(=O)[nH]c2c1. The van der Waals surface area contributed by atoms with E-state index in [9.17, 15) is 4.79 Å².